The first-order chi connectivity index (χ1) is 6.85. The normalized spacial score (nSPS) is 21.5. The van der Waals surface area contributed by atoms with Crippen molar-refractivity contribution in [1.82, 2.24) is 9.21 Å². The molecule has 0 N–H and O–H groups in total. The molecule has 0 spiro atoms. The number of nitrogens with zero attached hydrogens (tertiary/aromatic N) is 2. The first-order valence-corrected chi connectivity index (χ1v) is 7.01. The fourth-order valence-electron chi connectivity index (χ4n) is 1.99. The van der Waals surface area contributed by atoms with Crippen LogP contribution in [0.25, 0.3) is 0 Å². The van der Waals surface area contributed by atoms with Gasteiger partial charge in [-0.2, -0.15) is 0 Å². The number of sulfonamides is 1. The van der Waals surface area contributed by atoms with Gasteiger partial charge in [-0.25, -0.2) is 12.7 Å². The minimum atomic E-state index is -3.04. The zero-order valence-electron chi connectivity index (χ0n) is 10.1. The number of piperidine rings is 1. The van der Waals surface area contributed by atoms with Crippen molar-refractivity contribution < 1.29 is 8.42 Å². The van der Waals surface area contributed by atoms with Gasteiger partial charge in [0.1, 0.15) is 0 Å². The van der Waals surface area contributed by atoms with E-state index in [9.17, 15) is 8.42 Å². The van der Waals surface area contributed by atoms with E-state index in [1.165, 1.54) is 4.31 Å². The van der Waals surface area contributed by atoms with Gasteiger partial charge in [0.05, 0.1) is 5.25 Å². The molecule has 1 aliphatic rings. The second kappa shape index (κ2) is 4.80. The van der Waals surface area contributed by atoms with Crippen molar-refractivity contribution in [2.24, 2.45) is 0 Å². The Morgan fingerprint density at radius 3 is 2.00 bits per heavy atom. The molecule has 1 saturated heterocycles. The first-order valence-electron chi connectivity index (χ1n) is 5.51. The summed E-state index contributed by atoms with van der Waals surface area (Å²) < 4.78 is 25.1. The second-order valence-corrected chi connectivity index (χ2v) is 7.08. The van der Waals surface area contributed by atoms with E-state index in [1.807, 2.05) is 0 Å². The lowest BCUT2D eigenvalue weighted by Gasteiger charge is -2.35. The maximum Gasteiger partial charge on any atom is 0.216 e. The monoisotopic (exact) mass is 234 g/mol. The van der Waals surface area contributed by atoms with Gasteiger partial charge in [-0.1, -0.05) is 0 Å². The molecule has 0 amide bonds. The molecule has 5 heteroatoms. The summed E-state index contributed by atoms with van der Waals surface area (Å²) >= 11 is 0. The largest absolute Gasteiger partial charge is 0.301 e. The van der Waals surface area contributed by atoms with Gasteiger partial charge in [-0.05, 0) is 39.8 Å². The molecule has 0 saturated carbocycles. The highest BCUT2D eigenvalue weighted by Crippen LogP contribution is 2.20. The Morgan fingerprint density at radius 1 is 1.20 bits per heavy atom. The average molecular weight is 234 g/mol. The van der Waals surface area contributed by atoms with E-state index in [0.717, 1.165) is 25.9 Å². The summed E-state index contributed by atoms with van der Waals surface area (Å²) in [5, 5.41) is -0.178. The van der Waals surface area contributed by atoms with Gasteiger partial charge in [0.2, 0.25) is 10.0 Å². The molecule has 0 unspecified atom stereocenters. The van der Waals surface area contributed by atoms with Gasteiger partial charge in [-0.15, -0.1) is 0 Å². The molecular formula is C10H22N2O2S. The van der Waals surface area contributed by atoms with E-state index in [-0.39, 0.29) is 5.25 Å². The number of hydrogen-bond acceptors (Lipinski definition) is 3. The lowest BCUT2D eigenvalue weighted by molar-refractivity contribution is 0.185. The van der Waals surface area contributed by atoms with E-state index in [4.69, 9.17) is 0 Å². The minimum Gasteiger partial charge on any atom is -0.301 e. The Bertz CT molecular complexity index is 291. The molecule has 1 rings (SSSR count). The van der Waals surface area contributed by atoms with Crippen LogP contribution in [0.1, 0.15) is 26.7 Å². The predicted molar refractivity (Wildman–Crippen MR) is 62.3 cm³/mol. The third kappa shape index (κ3) is 2.92. The third-order valence-corrected chi connectivity index (χ3v) is 5.47. The molecule has 0 aromatic rings. The van der Waals surface area contributed by atoms with Crippen molar-refractivity contribution in [2.45, 2.75) is 38.0 Å². The van der Waals surface area contributed by atoms with Crippen LogP contribution in [-0.4, -0.2) is 56.1 Å². The molecule has 1 fully saturated rings. The topological polar surface area (TPSA) is 40.6 Å². The third-order valence-electron chi connectivity index (χ3n) is 3.14. The molecule has 0 bridgehead atoms. The number of hydrogen-bond donors (Lipinski definition) is 0. The summed E-state index contributed by atoms with van der Waals surface area (Å²) in [4.78, 5) is 2.34. The number of likely N-dealkylation sites (tertiary alicyclic amines) is 1. The van der Waals surface area contributed by atoms with Crippen LogP contribution in [0.5, 0.6) is 0 Å². The van der Waals surface area contributed by atoms with Crippen LogP contribution in [0.15, 0.2) is 0 Å². The molecule has 1 aliphatic heterocycles. The minimum absolute atomic E-state index is 0.178. The molecule has 0 aromatic heterocycles. The Morgan fingerprint density at radius 2 is 1.67 bits per heavy atom. The highest BCUT2D eigenvalue weighted by molar-refractivity contribution is 7.89. The molecule has 90 valence electrons. The summed E-state index contributed by atoms with van der Waals surface area (Å²) in [7, 11) is 0.188. The summed E-state index contributed by atoms with van der Waals surface area (Å²) in [5.74, 6) is 0. The standard InChI is InChI=1S/C10H22N2O2S/c1-9(2)12-7-5-10(6-8-12)15(13,14)11(3)4/h9-10H,5-8H2,1-4H3. The fraction of sp³-hybridized carbons (Fsp3) is 1.00. The second-order valence-electron chi connectivity index (χ2n) is 4.66. The van der Waals surface area contributed by atoms with Crippen molar-refractivity contribution in [3.8, 4) is 0 Å². The van der Waals surface area contributed by atoms with E-state index in [0.29, 0.717) is 6.04 Å². The lowest BCUT2D eigenvalue weighted by Crippen LogP contribution is -2.45. The lowest BCUT2D eigenvalue weighted by atomic mass is 10.1. The van der Waals surface area contributed by atoms with Crippen LogP contribution in [0.3, 0.4) is 0 Å². The fourth-order valence-corrected chi connectivity index (χ4v) is 3.39. The van der Waals surface area contributed by atoms with E-state index in [1.54, 1.807) is 14.1 Å². The molecule has 15 heavy (non-hydrogen) atoms. The van der Waals surface area contributed by atoms with Gasteiger partial charge < -0.3 is 4.90 Å². The molecule has 4 nitrogen and oxygen atoms in total. The first kappa shape index (κ1) is 12.9. The zero-order valence-corrected chi connectivity index (χ0v) is 10.9. The van der Waals surface area contributed by atoms with Crippen LogP contribution >= 0.6 is 0 Å². The Kier molecular flexibility index (Phi) is 4.14. The molecule has 0 atom stereocenters. The Balaban J connectivity index is 2.58. The molecular weight excluding hydrogens is 212 g/mol. The van der Waals surface area contributed by atoms with Crippen LogP contribution in [-0.2, 0) is 10.0 Å². The maximum atomic E-state index is 11.9. The van der Waals surface area contributed by atoms with Crippen molar-refractivity contribution in [3.05, 3.63) is 0 Å². The molecule has 0 radical (unpaired) electrons. The van der Waals surface area contributed by atoms with Gasteiger partial charge in [0.25, 0.3) is 0 Å². The van der Waals surface area contributed by atoms with Gasteiger partial charge >= 0.3 is 0 Å². The van der Waals surface area contributed by atoms with Crippen LogP contribution < -0.4 is 0 Å². The van der Waals surface area contributed by atoms with Crippen LogP contribution in [0.2, 0.25) is 0 Å². The van der Waals surface area contributed by atoms with E-state index < -0.39 is 10.0 Å². The summed E-state index contributed by atoms with van der Waals surface area (Å²) in [6, 6.07) is 0.521. The summed E-state index contributed by atoms with van der Waals surface area (Å²) in [5.41, 5.74) is 0. The van der Waals surface area contributed by atoms with Crippen molar-refractivity contribution in [2.75, 3.05) is 27.2 Å². The van der Waals surface area contributed by atoms with Gasteiger partial charge in [0, 0.05) is 20.1 Å². The van der Waals surface area contributed by atoms with Crippen molar-refractivity contribution in [1.29, 1.82) is 0 Å². The van der Waals surface area contributed by atoms with Gasteiger partial charge in [-0.3, -0.25) is 0 Å². The van der Waals surface area contributed by atoms with Gasteiger partial charge in [0.15, 0.2) is 0 Å². The van der Waals surface area contributed by atoms with Crippen molar-refractivity contribution in [3.63, 3.8) is 0 Å². The quantitative estimate of drug-likeness (QED) is 0.723. The van der Waals surface area contributed by atoms with Crippen LogP contribution in [0.4, 0.5) is 0 Å². The van der Waals surface area contributed by atoms with E-state index >= 15 is 0 Å². The zero-order chi connectivity index (χ0) is 11.6. The van der Waals surface area contributed by atoms with Crippen LogP contribution in [0, 0.1) is 0 Å². The number of rotatable bonds is 3. The molecule has 1 heterocycles. The van der Waals surface area contributed by atoms with E-state index in [2.05, 4.69) is 18.7 Å². The summed E-state index contributed by atoms with van der Waals surface area (Å²) in [6.07, 6.45) is 1.53. The molecule has 0 aliphatic carbocycles. The summed E-state index contributed by atoms with van der Waals surface area (Å²) in [6.45, 7) is 6.10. The Labute approximate surface area is 93.3 Å². The highest BCUT2D eigenvalue weighted by atomic mass is 32.2. The van der Waals surface area contributed by atoms with Crippen molar-refractivity contribution >= 4 is 10.0 Å². The molecule has 0 aromatic carbocycles. The highest BCUT2D eigenvalue weighted by Gasteiger charge is 2.31. The smallest absolute Gasteiger partial charge is 0.216 e. The average Bonchev–Trinajstić information content (AvgIpc) is 2.17. The SMILES string of the molecule is CC(C)N1CCC(S(=O)(=O)N(C)C)CC1. The predicted octanol–water partition coefficient (Wildman–Crippen LogP) is 0.751. The Hall–Kier alpha value is -0.130. The maximum absolute atomic E-state index is 11.9.